The first-order valence-electron chi connectivity index (χ1n) is 17.1. The zero-order chi connectivity index (χ0) is 45.2. The number of nitrogens with one attached hydrogen (secondary N) is 1. The van der Waals surface area contributed by atoms with Crippen molar-refractivity contribution in [1.82, 2.24) is 20.4 Å². The molecule has 0 fully saturated rings. The van der Waals surface area contributed by atoms with Crippen LogP contribution in [-0.2, 0) is 31.9 Å². The van der Waals surface area contributed by atoms with E-state index in [1.807, 2.05) is 0 Å². The lowest BCUT2D eigenvalue weighted by atomic mass is 10.1. The molecular weight excluding hydrogens is 926 g/mol. The molecular formula is C38H33BrF6N6O8S2. The molecule has 61 heavy (non-hydrogen) atoms. The van der Waals surface area contributed by atoms with Crippen molar-refractivity contribution in [2.24, 2.45) is 0 Å². The van der Waals surface area contributed by atoms with Crippen molar-refractivity contribution in [3.8, 4) is 22.9 Å². The van der Waals surface area contributed by atoms with E-state index in [0.29, 0.717) is 27.7 Å². The van der Waals surface area contributed by atoms with Gasteiger partial charge in [0.1, 0.15) is 11.6 Å². The monoisotopic (exact) mass is 958 g/mol. The lowest BCUT2D eigenvalue weighted by Gasteiger charge is -2.23. The Morgan fingerprint density at radius 3 is 1.57 bits per heavy atom. The number of hydrogen-bond acceptors (Lipinski definition) is 12. The van der Waals surface area contributed by atoms with E-state index in [1.165, 1.54) is 68.4 Å². The summed E-state index contributed by atoms with van der Waals surface area (Å²) in [6.07, 6.45) is -3.76. The second-order valence-electron chi connectivity index (χ2n) is 12.6. The largest absolute Gasteiger partial charge is 0.415 e. The predicted octanol–water partition coefficient (Wildman–Crippen LogP) is 8.95. The van der Waals surface area contributed by atoms with Crippen molar-refractivity contribution >= 4 is 58.9 Å². The normalized spacial score (nSPS) is 11.4. The number of halogens is 7. The molecule has 2 heterocycles. The minimum Gasteiger partial charge on any atom is -0.415 e. The lowest BCUT2D eigenvalue weighted by Crippen LogP contribution is -2.29. The van der Waals surface area contributed by atoms with Gasteiger partial charge in [-0.2, -0.15) is 17.6 Å². The van der Waals surface area contributed by atoms with Gasteiger partial charge < -0.3 is 8.83 Å². The molecule has 4 aromatic carbocycles. The van der Waals surface area contributed by atoms with E-state index >= 15 is 0 Å². The van der Waals surface area contributed by atoms with Gasteiger partial charge in [0.15, 0.2) is 11.6 Å². The van der Waals surface area contributed by atoms with Gasteiger partial charge in [-0.05, 0) is 67.9 Å². The standard InChI is InChI=1S/C19H16F3N3O4S.C10H6BrF3N2O.C9H11NO3S/c1-11(26)12-4-3-5-15(8-12)25(30(2,27)28)10-14-7-6-13(9-16(14)20)18-23-24-19(29-18)17(21)22;11-4-6-2-1-5(3-7(6)12)9-15-16-10(17-9)8(13)14;1-7(11)8-4-3-5-9(6-8)10-14(2,12)13/h3-9,17H,10H2,1-2H3;1-3,8H,4H2;3-6,10H,1-2H3. The summed E-state index contributed by atoms with van der Waals surface area (Å²) < 4.78 is 137. The summed E-state index contributed by atoms with van der Waals surface area (Å²) >= 11 is 3.12. The van der Waals surface area contributed by atoms with Crippen LogP contribution in [0.4, 0.5) is 37.7 Å². The molecule has 2 aromatic heterocycles. The number of alkyl halides is 5. The minimum atomic E-state index is -3.81. The number of sulfonamides is 2. The van der Waals surface area contributed by atoms with Crippen LogP contribution in [0.25, 0.3) is 22.9 Å². The Balaban J connectivity index is 0.000000223. The zero-order valence-corrected chi connectivity index (χ0v) is 35.3. The van der Waals surface area contributed by atoms with Gasteiger partial charge in [0, 0.05) is 38.8 Å². The van der Waals surface area contributed by atoms with Crippen LogP contribution in [0.5, 0.6) is 0 Å². The summed E-state index contributed by atoms with van der Waals surface area (Å²) in [5.74, 6) is -3.67. The molecule has 0 aliphatic rings. The number of anilines is 2. The molecule has 6 aromatic rings. The van der Waals surface area contributed by atoms with Crippen LogP contribution in [0.1, 0.15) is 70.3 Å². The minimum absolute atomic E-state index is 0.0194. The first kappa shape index (κ1) is 47.7. The Kier molecular flexibility index (Phi) is 16.1. The van der Waals surface area contributed by atoms with Crippen LogP contribution < -0.4 is 9.03 Å². The van der Waals surface area contributed by atoms with Gasteiger partial charge >= 0.3 is 12.9 Å². The smallest absolute Gasteiger partial charge is 0.314 e. The molecule has 324 valence electrons. The number of carbonyl (C=O) groups is 2. The maximum absolute atomic E-state index is 14.7. The van der Waals surface area contributed by atoms with E-state index in [9.17, 15) is 52.8 Å². The van der Waals surface area contributed by atoms with Gasteiger partial charge in [-0.3, -0.25) is 18.6 Å². The average molecular weight is 960 g/mol. The van der Waals surface area contributed by atoms with E-state index < -0.39 is 56.3 Å². The van der Waals surface area contributed by atoms with Crippen LogP contribution in [-0.4, -0.2) is 61.3 Å². The maximum Gasteiger partial charge on any atom is 0.314 e. The quantitative estimate of drug-likeness (QED) is 0.0657. The molecule has 1 N–H and O–H groups in total. The first-order valence-corrected chi connectivity index (χ1v) is 22.0. The van der Waals surface area contributed by atoms with E-state index in [0.717, 1.165) is 22.9 Å². The third kappa shape index (κ3) is 13.8. The summed E-state index contributed by atoms with van der Waals surface area (Å²) in [6.45, 7) is 2.43. The van der Waals surface area contributed by atoms with Gasteiger partial charge in [0.2, 0.25) is 31.8 Å². The van der Waals surface area contributed by atoms with Crippen LogP contribution in [0, 0.1) is 11.6 Å². The fourth-order valence-corrected chi connectivity index (χ4v) is 6.81. The van der Waals surface area contributed by atoms with Gasteiger partial charge in [0.25, 0.3) is 11.8 Å². The van der Waals surface area contributed by atoms with Crippen LogP contribution in [0.15, 0.2) is 93.8 Å². The molecule has 0 spiro atoms. The van der Waals surface area contributed by atoms with Gasteiger partial charge in [-0.15, -0.1) is 20.4 Å². The highest BCUT2D eigenvalue weighted by Gasteiger charge is 2.23. The molecule has 0 aliphatic carbocycles. The summed E-state index contributed by atoms with van der Waals surface area (Å²) in [6, 6.07) is 20.2. The lowest BCUT2D eigenvalue weighted by molar-refractivity contribution is 0.100. The Morgan fingerprint density at radius 1 is 0.689 bits per heavy atom. The second-order valence-corrected chi connectivity index (χ2v) is 16.8. The van der Waals surface area contributed by atoms with E-state index in [-0.39, 0.29) is 52.3 Å². The average Bonchev–Trinajstić information content (AvgIpc) is 3.89. The second kappa shape index (κ2) is 20.5. The molecule has 0 saturated heterocycles. The SMILES string of the molecule is CC(=O)c1cccc(N(Cc2ccc(-c3nnc(C(F)F)o3)cc2F)S(C)(=O)=O)c1.CC(=O)c1cccc(NS(C)(=O)=O)c1.Fc1cc(-c2nnc(C(F)F)o2)ccc1CBr. The summed E-state index contributed by atoms with van der Waals surface area (Å²) in [7, 11) is -7.09. The Morgan fingerprint density at radius 2 is 1.16 bits per heavy atom. The topological polar surface area (TPSA) is 196 Å². The van der Waals surface area contributed by atoms with Crippen molar-refractivity contribution in [3.63, 3.8) is 0 Å². The van der Waals surface area contributed by atoms with Crippen molar-refractivity contribution in [1.29, 1.82) is 0 Å². The fourth-order valence-electron chi connectivity index (χ4n) is 4.93. The van der Waals surface area contributed by atoms with Crippen LogP contribution >= 0.6 is 15.9 Å². The van der Waals surface area contributed by atoms with Crippen molar-refractivity contribution in [3.05, 3.63) is 131 Å². The molecule has 14 nitrogen and oxygen atoms in total. The molecule has 0 saturated carbocycles. The first-order chi connectivity index (χ1) is 28.6. The molecule has 0 atom stereocenters. The maximum atomic E-state index is 14.7. The molecule has 6 rings (SSSR count). The number of benzene rings is 4. The van der Waals surface area contributed by atoms with Gasteiger partial charge in [0.05, 0.1) is 24.7 Å². The Labute approximate surface area is 353 Å². The molecule has 0 amide bonds. The number of aromatic nitrogens is 4. The highest BCUT2D eigenvalue weighted by Crippen LogP contribution is 2.28. The number of nitrogens with zero attached hydrogens (tertiary/aromatic N) is 5. The molecule has 0 radical (unpaired) electrons. The van der Waals surface area contributed by atoms with Crippen molar-refractivity contribution < 1.29 is 61.6 Å². The summed E-state index contributed by atoms with van der Waals surface area (Å²) in [5, 5.41) is 13.6. The Hall–Kier alpha value is -5.94. The molecule has 23 heteroatoms. The summed E-state index contributed by atoms with van der Waals surface area (Å²) in [4.78, 5) is 22.6. The summed E-state index contributed by atoms with van der Waals surface area (Å²) in [5.41, 5.74) is 2.22. The van der Waals surface area contributed by atoms with Gasteiger partial charge in [-0.1, -0.05) is 52.3 Å². The number of carbonyl (C=O) groups excluding carboxylic acids is 2. The zero-order valence-electron chi connectivity index (χ0n) is 32.1. The fraction of sp³-hybridized carbons (Fsp3) is 0.211. The molecule has 0 unspecified atom stereocenters. The molecule has 0 bridgehead atoms. The highest BCUT2D eigenvalue weighted by atomic mass is 79.9. The number of hydrogen-bond donors (Lipinski definition) is 1. The van der Waals surface area contributed by atoms with E-state index in [4.69, 9.17) is 8.83 Å². The number of Topliss-reactive ketones (excluding diaryl/α,β-unsaturated/α-hetero) is 2. The molecule has 0 aliphatic heterocycles. The van der Waals surface area contributed by atoms with E-state index in [2.05, 4.69) is 41.0 Å². The van der Waals surface area contributed by atoms with Crippen molar-refractivity contribution in [2.45, 2.75) is 38.6 Å². The van der Waals surface area contributed by atoms with Gasteiger partial charge in [-0.25, -0.2) is 25.6 Å². The van der Waals surface area contributed by atoms with Crippen molar-refractivity contribution in [2.75, 3.05) is 21.5 Å². The van der Waals surface area contributed by atoms with E-state index in [1.54, 1.807) is 24.3 Å². The van der Waals surface area contributed by atoms with Crippen LogP contribution in [0.3, 0.4) is 0 Å². The predicted molar refractivity (Wildman–Crippen MR) is 214 cm³/mol. The third-order valence-corrected chi connectivity index (χ3v) is 10.2. The Bertz CT molecular complexity index is 2740. The number of rotatable bonds is 13. The van der Waals surface area contributed by atoms with Crippen LogP contribution in [0.2, 0.25) is 0 Å². The third-order valence-electron chi connectivity index (χ3n) is 7.83. The number of ketones is 2. The highest BCUT2D eigenvalue weighted by molar-refractivity contribution is 9.08.